The van der Waals surface area contributed by atoms with Crippen LogP contribution in [0.1, 0.15) is 13.8 Å². The first kappa shape index (κ1) is 16.4. The van der Waals surface area contributed by atoms with E-state index in [1.807, 2.05) is 5.32 Å². The first-order valence-corrected chi connectivity index (χ1v) is 7.16. The number of nitrogens with zero attached hydrogens (tertiary/aromatic N) is 4. The van der Waals surface area contributed by atoms with Gasteiger partial charge in [-0.15, -0.1) is 5.10 Å². The van der Waals surface area contributed by atoms with Gasteiger partial charge in [0.25, 0.3) is 0 Å². The van der Waals surface area contributed by atoms with Crippen LogP contribution in [0.4, 0.5) is 4.79 Å². The summed E-state index contributed by atoms with van der Waals surface area (Å²) in [7, 11) is 0. The Kier molecular flexibility index (Phi) is 6.94. The zero-order valence-electron chi connectivity index (χ0n) is 11.5. The van der Waals surface area contributed by atoms with E-state index in [4.69, 9.17) is 5.73 Å². The molecule has 112 valence electrons. The summed E-state index contributed by atoms with van der Waals surface area (Å²) < 4.78 is 1.61. The van der Waals surface area contributed by atoms with Crippen LogP contribution >= 0.6 is 11.8 Å². The minimum Gasteiger partial charge on any atom is -0.351 e. The van der Waals surface area contributed by atoms with Crippen LogP contribution < -0.4 is 16.4 Å². The van der Waals surface area contributed by atoms with Gasteiger partial charge in [-0.25, -0.2) is 9.48 Å². The number of carbonyl (C=O) groups excluding carboxylic acids is 2. The highest BCUT2D eigenvalue weighted by Gasteiger charge is 2.10. The lowest BCUT2D eigenvalue weighted by molar-refractivity contribution is -0.117. The summed E-state index contributed by atoms with van der Waals surface area (Å²) in [6.45, 7) is 6.53. The second-order valence-corrected chi connectivity index (χ2v) is 5.43. The maximum Gasteiger partial charge on any atom is 0.318 e. The van der Waals surface area contributed by atoms with Gasteiger partial charge < -0.3 is 11.1 Å². The predicted molar refractivity (Wildman–Crippen MR) is 74.0 cm³/mol. The van der Waals surface area contributed by atoms with Crippen LogP contribution in [-0.4, -0.2) is 51.0 Å². The number of carbonyl (C=O) groups is 2. The Balaban J connectivity index is 2.34. The van der Waals surface area contributed by atoms with Crippen LogP contribution in [0.3, 0.4) is 0 Å². The summed E-state index contributed by atoms with van der Waals surface area (Å²) in [5.41, 5.74) is 4.84. The number of aromatic nitrogens is 4. The molecule has 3 amide bonds. The van der Waals surface area contributed by atoms with Crippen molar-refractivity contribution in [1.29, 1.82) is 0 Å². The predicted octanol–water partition coefficient (Wildman–Crippen LogP) is -0.794. The second kappa shape index (κ2) is 8.48. The number of nitrogens with two attached hydrogens (primary N) is 1. The standard InChI is InChI=1S/C10H19N7O2S/c1-7(2)5-12-3-4-17-10(14-15-16-17)20-6-8(18)13-9(11)19/h7,12H,3-6H2,1-2H3,(H3,11,13,18,19). The molecule has 0 saturated heterocycles. The van der Waals surface area contributed by atoms with E-state index in [0.29, 0.717) is 17.6 Å². The number of nitrogens with one attached hydrogen (secondary N) is 2. The normalized spacial score (nSPS) is 10.8. The molecule has 9 nitrogen and oxygen atoms in total. The molecule has 0 spiro atoms. The summed E-state index contributed by atoms with van der Waals surface area (Å²) >= 11 is 1.15. The molecule has 20 heavy (non-hydrogen) atoms. The summed E-state index contributed by atoms with van der Waals surface area (Å²) in [6, 6.07) is -0.868. The van der Waals surface area contributed by atoms with Gasteiger partial charge in [0.15, 0.2) is 0 Å². The lowest BCUT2D eigenvalue weighted by atomic mass is 10.2. The first-order valence-electron chi connectivity index (χ1n) is 6.18. The van der Waals surface area contributed by atoms with Gasteiger partial charge in [-0.2, -0.15) is 0 Å². The van der Waals surface area contributed by atoms with Gasteiger partial charge in [-0.1, -0.05) is 25.6 Å². The van der Waals surface area contributed by atoms with Crippen molar-refractivity contribution >= 4 is 23.7 Å². The van der Waals surface area contributed by atoms with Crippen molar-refractivity contribution in [1.82, 2.24) is 30.8 Å². The van der Waals surface area contributed by atoms with Gasteiger partial charge in [0, 0.05) is 6.54 Å². The lowest BCUT2D eigenvalue weighted by Crippen LogP contribution is -2.36. The third-order valence-corrected chi connectivity index (χ3v) is 3.10. The van der Waals surface area contributed by atoms with Crippen LogP contribution in [-0.2, 0) is 11.3 Å². The monoisotopic (exact) mass is 301 g/mol. The molecule has 1 rings (SSSR count). The zero-order valence-corrected chi connectivity index (χ0v) is 12.3. The second-order valence-electron chi connectivity index (χ2n) is 4.48. The third kappa shape index (κ3) is 6.48. The molecule has 0 fully saturated rings. The Morgan fingerprint density at radius 1 is 1.45 bits per heavy atom. The number of hydrogen-bond donors (Lipinski definition) is 3. The van der Waals surface area contributed by atoms with Gasteiger partial charge in [0.2, 0.25) is 11.1 Å². The summed E-state index contributed by atoms with van der Waals surface area (Å²) in [5.74, 6) is 0.133. The Labute approximate surface area is 121 Å². The number of rotatable bonds is 8. The smallest absolute Gasteiger partial charge is 0.318 e. The van der Waals surface area contributed by atoms with E-state index in [0.717, 1.165) is 24.9 Å². The average Bonchev–Trinajstić information content (AvgIpc) is 2.78. The summed E-state index contributed by atoms with van der Waals surface area (Å²) in [5, 5.41) is 17.0. The van der Waals surface area contributed by atoms with Crippen LogP contribution in [0.5, 0.6) is 0 Å². The number of primary amides is 1. The van der Waals surface area contributed by atoms with E-state index in [1.54, 1.807) is 4.68 Å². The summed E-state index contributed by atoms with van der Waals surface area (Å²) in [6.07, 6.45) is 0. The van der Waals surface area contributed by atoms with Crippen molar-refractivity contribution < 1.29 is 9.59 Å². The molecule has 10 heteroatoms. The fourth-order valence-electron chi connectivity index (χ4n) is 1.32. The van der Waals surface area contributed by atoms with Crippen molar-refractivity contribution in [3.8, 4) is 0 Å². The van der Waals surface area contributed by atoms with E-state index < -0.39 is 11.9 Å². The Morgan fingerprint density at radius 2 is 2.20 bits per heavy atom. The molecule has 0 aliphatic carbocycles. The SMILES string of the molecule is CC(C)CNCCn1nnnc1SCC(=O)NC(N)=O. The average molecular weight is 301 g/mol. The topological polar surface area (TPSA) is 128 Å². The van der Waals surface area contributed by atoms with Gasteiger partial charge in [-0.05, 0) is 22.9 Å². The molecule has 0 saturated carbocycles. The lowest BCUT2D eigenvalue weighted by Gasteiger charge is -2.07. The van der Waals surface area contributed by atoms with Crippen molar-refractivity contribution in [2.24, 2.45) is 11.7 Å². The van der Waals surface area contributed by atoms with E-state index in [1.165, 1.54) is 0 Å². The molecule has 0 aliphatic rings. The number of hydrogen-bond acceptors (Lipinski definition) is 7. The molecule has 4 N–H and O–H groups in total. The number of tetrazole rings is 1. The maximum atomic E-state index is 11.3. The highest BCUT2D eigenvalue weighted by atomic mass is 32.2. The molecule has 0 unspecified atom stereocenters. The third-order valence-electron chi connectivity index (χ3n) is 2.15. The van der Waals surface area contributed by atoms with Crippen LogP contribution in [0.25, 0.3) is 0 Å². The van der Waals surface area contributed by atoms with Crippen LogP contribution in [0, 0.1) is 5.92 Å². The molecule has 0 bridgehead atoms. The number of imide groups is 1. The Bertz CT molecular complexity index is 449. The van der Waals surface area contributed by atoms with E-state index in [9.17, 15) is 9.59 Å². The minimum atomic E-state index is -0.868. The van der Waals surface area contributed by atoms with Crippen molar-refractivity contribution in [3.63, 3.8) is 0 Å². The molecule has 1 aromatic rings. The fraction of sp³-hybridized carbons (Fsp3) is 0.700. The van der Waals surface area contributed by atoms with Gasteiger partial charge in [0.05, 0.1) is 12.3 Å². The molecular formula is C10H19N7O2S. The van der Waals surface area contributed by atoms with Gasteiger partial charge >= 0.3 is 6.03 Å². The maximum absolute atomic E-state index is 11.3. The van der Waals surface area contributed by atoms with Crippen molar-refractivity contribution in [2.75, 3.05) is 18.8 Å². The largest absolute Gasteiger partial charge is 0.351 e. The zero-order chi connectivity index (χ0) is 15.0. The van der Waals surface area contributed by atoms with Crippen molar-refractivity contribution in [3.05, 3.63) is 0 Å². The molecule has 0 aliphatic heterocycles. The number of amides is 3. The first-order chi connectivity index (χ1) is 9.49. The fourth-order valence-corrected chi connectivity index (χ4v) is 2.02. The summed E-state index contributed by atoms with van der Waals surface area (Å²) in [4.78, 5) is 21.8. The van der Waals surface area contributed by atoms with E-state index >= 15 is 0 Å². The quantitative estimate of drug-likeness (QED) is 0.424. The highest BCUT2D eigenvalue weighted by Crippen LogP contribution is 2.12. The van der Waals surface area contributed by atoms with Crippen LogP contribution in [0.15, 0.2) is 5.16 Å². The molecular weight excluding hydrogens is 282 g/mol. The van der Waals surface area contributed by atoms with Gasteiger partial charge in [-0.3, -0.25) is 10.1 Å². The molecule has 0 aromatic carbocycles. The van der Waals surface area contributed by atoms with Crippen LogP contribution in [0.2, 0.25) is 0 Å². The Hall–Kier alpha value is -1.68. The van der Waals surface area contributed by atoms with E-state index in [-0.39, 0.29) is 5.75 Å². The number of thioether (sulfide) groups is 1. The van der Waals surface area contributed by atoms with Crippen molar-refractivity contribution in [2.45, 2.75) is 25.5 Å². The molecule has 0 atom stereocenters. The number of urea groups is 1. The van der Waals surface area contributed by atoms with Gasteiger partial charge in [0.1, 0.15) is 0 Å². The minimum absolute atomic E-state index is 0.0305. The molecule has 0 radical (unpaired) electrons. The Morgan fingerprint density at radius 3 is 2.85 bits per heavy atom. The molecule has 1 aromatic heterocycles. The molecule has 1 heterocycles. The highest BCUT2D eigenvalue weighted by molar-refractivity contribution is 7.99. The van der Waals surface area contributed by atoms with E-state index in [2.05, 4.69) is 34.7 Å².